The highest BCUT2D eigenvalue weighted by molar-refractivity contribution is 5.95. The lowest BCUT2D eigenvalue weighted by Gasteiger charge is -2.55. The van der Waals surface area contributed by atoms with E-state index in [4.69, 9.17) is 0 Å². The molecule has 27 heavy (non-hydrogen) atoms. The molecule has 0 saturated heterocycles. The van der Waals surface area contributed by atoms with Crippen molar-refractivity contribution in [1.82, 2.24) is 16.2 Å². The Bertz CT molecular complexity index is 696. The first-order valence-electron chi connectivity index (χ1n) is 9.97. The van der Waals surface area contributed by atoms with Gasteiger partial charge in [0.2, 0.25) is 11.8 Å². The molecule has 5 rings (SSSR count). The maximum atomic E-state index is 12.8. The normalized spacial score (nSPS) is 30.6. The molecular formula is C21H27N3O3. The smallest absolute Gasteiger partial charge is 0.269 e. The van der Waals surface area contributed by atoms with Crippen molar-refractivity contribution in [3.05, 3.63) is 35.9 Å². The summed E-state index contributed by atoms with van der Waals surface area (Å²) in [5, 5.41) is 2.98. The van der Waals surface area contributed by atoms with Crippen molar-refractivity contribution in [3.8, 4) is 0 Å². The van der Waals surface area contributed by atoms with Gasteiger partial charge in [0, 0.05) is 23.9 Å². The fourth-order valence-electron chi connectivity index (χ4n) is 5.72. The van der Waals surface area contributed by atoms with E-state index in [1.807, 2.05) is 6.07 Å². The van der Waals surface area contributed by atoms with Crippen molar-refractivity contribution >= 4 is 17.7 Å². The van der Waals surface area contributed by atoms with Gasteiger partial charge in [-0.3, -0.25) is 25.2 Å². The Balaban J connectivity index is 1.20. The quantitative estimate of drug-likeness (QED) is 0.695. The Labute approximate surface area is 159 Å². The van der Waals surface area contributed by atoms with Gasteiger partial charge in [0.1, 0.15) is 0 Å². The summed E-state index contributed by atoms with van der Waals surface area (Å²) in [7, 11) is 0. The molecule has 144 valence electrons. The van der Waals surface area contributed by atoms with Gasteiger partial charge in [-0.15, -0.1) is 0 Å². The minimum Gasteiger partial charge on any atom is -0.355 e. The Morgan fingerprint density at radius 1 is 0.889 bits per heavy atom. The largest absolute Gasteiger partial charge is 0.355 e. The summed E-state index contributed by atoms with van der Waals surface area (Å²) in [6, 6.07) is 8.69. The molecule has 0 unspecified atom stereocenters. The lowest BCUT2D eigenvalue weighted by atomic mass is 9.49. The Morgan fingerprint density at radius 2 is 1.48 bits per heavy atom. The van der Waals surface area contributed by atoms with Crippen LogP contribution in [-0.4, -0.2) is 24.3 Å². The topological polar surface area (TPSA) is 87.3 Å². The first-order chi connectivity index (χ1) is 13.0. The molecule has 1 aromatic rings. The van der Waals surface area contributed by atoms with Crippen LogP contribution in [0.3, 0.4) is 0 Å². The fourth-order valence-corrected chi connectivity index (χ4v) is 5.72. The van der Waals surface area contributed by atoms with Crippen LogP contribution in [0.5, 0.6) is 0 Å². The maximum absolute atomic E-state index is 12.8. The van der Waals surface area contributed by atoms with Gasteiger partial charge in [-0.25, -0.2) is 0 Å². The molecule has 1 aromatic carbocycles. The third-order valence-corrected chi connectivity index (χ3v) is 6.51. The van der Waals surface area contributed by atoms with Gasteiger partial charge in [0.25, 0.3) is 5.91 Å². The van der Waals surface area contributed by atoms with Gasteiger partial charge in [0.15, 0.2) is 0 Å². The van der Waals surface area contributed by atoms with E-state index >= 15 is 0 Å². The molecule has 4 saturated carbocycles. The van der Waals surface area contributed by atoms with Crippen molar-refractivity contribution in [2.75, 3.05) is 6.54 Å². The Kier molecular flexibility index (Phi) is 4.89. The molecule has 0 radical (unpaired) electrons. The van der Waals surface area contributed by atoms with Crippen LogP contribution in [0.15, 0.2) is 30.3 Å². The van der Waals surface area contributed by atoms with Crippen LogP contribution in [0.4, 0.5) is 0 Å². The second-order valence-electron chi connectivity index (χ2n) is 8.57. The summed E-state index contributed by atoms with van der Waals surface area (Å²) >= 11 is 0. The number of nitrogens with one attached hydrogen (secondary N) is 3. The standard InChI is InChI=1S/C21H27N3O3/c25-18(23-24-19(26)17-4-2-1-3-5-17)6-7-22-20(27)21-11-14-8-15(12-21)10-16(9-14)13-21/h1-5,14-16H,6-13H2,(H,22,27)(H,23,25)(H,24,26). The molecule has 0 atom stereocenters. The number of hydrogen-bond donors (Lipinski definition) is 3. The van der Waals surface area contributed by atoms with E-state index in [9.17, 15) is 14.4 Å². The molecule has 4 fully saturated rings. The minimum atomic E-state index is -0.360. The third-order valence-electron chi connectivity index (χ3n) is 6.51. The highest BCUT2D eigenvalue weighted by Crippen LogP contribution is 2.60. The summed E-state index contributed by atoms with van der Waals surface area (Å²) in [6.07, 6.45) is 7.10. The molecular weight excluding hydrogens is 342 g/mol. The van der Waals surface area contributed by atoms with Crippen molar-refractivity contribution in [2.24, 2.45) is 23.2 Å². The summed E-state index contributed by atoms with van der Waals surface area (Å²) in [6.45, 7) is 0.299. The van der Waals surface area contributed by atoms with Crippen molar-refractivity contribution in [3.63, 3.8) is 0 Å². The SMILES string of the molecule is O=C(CCNC(=O)C12CC3CC(CC(C3)C1)C2)NNC(=O)c1ccccc1. The Morgan fingerprint density at radius 3 is 2.07 bits per heavy atom. The first kappa shape index (κ1) is 18.0. The lowest BCUT2D eigenvalue weighted by molar-refractivity contribution is -0.146. The van der Waals surface area contributed by atoms with Crippen molar-refractivity contribution < 1.29 is 14.4 Å². The zero-order chi connectivity index (χ0) is 18.9. The summed E-state index contributed by atoms with van der Waals surface area (Å²) in [4.78, 5) is 36.6. The van der Waals surface area contributed by atoms with E-state index in [-0.39, 0.29) is 29.6 Å². The maximum Gasteiger partial charge on any atom is 0.269 e. The number of carbonyl (C=O) groups excluding carboxylic acids is 3. The van der Waals surface area contributed by atoms with Crippen LogP contribution in [0, 0.1) is 23.2 Å². The predicted octanol–water partition coefficient (Wildman–Crippen LogP) is 2.17. The van der Waals surface area contributed by atoms with Crippen LogP contribution in [0.25, 0.3) is 0 Å². The van der Waals surface area contributed by atoms with Crippen molar-refractivity contribution in [2.45, 2.75) is 44.9 Å². The van der Waals surface area contributed by atoms with E-state index in [2.05, 4.69) is 16.2 Å². The first-order valence-corrected chi connectivity index (χ1v) is 9.97. The number of hydrazine groups is 1. The molecule has 0 heterocycles. The molecule has 6 heteroatoms. The van der Waals surface area contributed by atoms with Crippen LogP contribution >= 0.6 is 0 Å². The van der Waals surface area contributed by atoms with E-state index < -0.39 is 0 Å². The number of benzene rings is 1. The van der Waals surface area contributed by atoms with Crippen LogP contribution in [-0.2, 0) is 9.59 Å². The molecule has 4 bridgehead atoms. The van der Waals surface area contributed by atoms with Crippen LogP contribution in [0.2, 0.25) is 0 Å². The monoisotopic (exact) mass is 369 g/mol. The van der Waals surface area contributed by atoms with E-state index in [0.717, 1.165) is 37.0 Å². The van der Waals surface area contributed by atoms with E-state index in [1.165, 1.54) is 19.3 Å². The minimum absolute atomic E-state index is 0.128. The highest BCUT2D eigenvalue weighted by Gasteiger charge is 2.54. The van der Waals surface area contributed by atoms with Crippen LogP contribution in [0.1, 0.15) is 55.3 Å². The molecule has 3 amide bonds. The molecule has 0 spiro atoms. The average molecular weight is 369 g/mol. The lowest BCUT2D eigenvalue weighted by Crippen LogP contribution is -2.54. The van der Waals surface area contributed by atoms with Gasteiger partial charge in [-0.05, 0) is 68.4 Å². The molecule has 6 nitrogen and oxygen atoms in total. The third kappa shape index (κ3) is 3.84. The second-order valence-corrected chi connectivity index (χ2v) is 8.57. The second kappa shape index (κ2) is 7.33. The highest BCUT2D eigenvalue weighted by atomic mass is 16.2. The molecule has 3 N–H and O–H groups in total. The average Bonchev–Trinajstić information content (AvgIpc) is 2.65. The molecule has 4 aliphatic carbocycles. The Hall–Kier alpha value is -2.37. The fraction of sp³-hybridized carbons (Fsp3) is 0.571. The van der Waals surface area contributed by atoms with E-state index in [0.29, 0.717) is 12.1 Å². The summed E-state index contributed by atoms with van der Waals surface area (Å²) < 4.78 is 0. The summed E-state index contributed by atoms with van der Waals surface area (Å²) in [5.74, 6) is 1.62. The molecule has 4 aliphatic rings. The predicted molar refractivity (Wildman–Crippen MR) is 100 cm³/mol. The van der Waals surface area contributed by atoms with Gasteiger partial charge in [0.05, 0.1) is 0 Å². The van der Waals surface area contributed by atoms with E-state index in [1.54, 1.807) is 24.3 Å². The van der Waals surface area contributed by atoms with Gasteiger partial charge >= 0.3 is 0 Å². The van der Waals surface area contributed by atoms with Gasteiger partial charge in [-0.2, -0.15) is 0 Å². The zero-order valence-corrected chi connectivity index (χ0v) is 15.5. The number of carbonyl (C=O) groups is 3. The number of rotatable bonds is 5. The van der Waals surface area contributed by atoms with Gasteiger partial charge in [-0.1, -0.05) is 18.2 Å². The van der Waals surface area contributed by atoms with Crippen molar-refractivity contribution in [1.29, 1.82) is 0 Å². The number of hydrogen-bond acceptors (Lipinski definition) is 3. The molecule has 0 aliphatic heterocycles. The molecule has 0 aromatic heterocycles. The summed E-state index contributed by atoms with van der Waals surface area (Å²) in [5.41, 5.74) is 5.09. The van der Waals surface area contributed by atoms with Gasteiger partial charge < -0.3 is 5.32 Å². The number of amides is 3. The van der Waals surface area contributed by atoms with Crippen LogP contribution < -0.4 is 16.2 Å². The zero-order valence-electron chi connectivity index (χ0n) is 15.5.